The summed E-state index contributed by atoms with van der Waals surface area (Å²) in [5.41, 5.74) is 0. The summed E-state index contributed by atoms with van der Waals surface area (Å²) in [4.78, 5) is 2.65. The average Bonchev–Trinajstić information content (AvgIpc) is 2.42. The van der Waals surface area contributed by atoms with Gasteiger partial charge in [0, 0.05) is 25.0 Å². The Kier molecular flexibility index (Phi) is 9.34. The van der Waals surface area contributed by atoms with Crippen LogP contribution in [-0.2, 0) is 4.74 Å². The predicted molar refractivity (Wildman–Crippen MR) is 82.5 cm³/mol. The van der Waals surface area contributed by atoms with Crippen LogP contribution in [0, 0.1) is 5.92 Å². The molecule has 1 fully saturated rings. The van der Waals surface area contributed by atoms with Crippen molar-refractivity contribution in [2.45, 2.75) is 58.5 Å². The van der Waals surface area contributed by atoms with E-state index >= 15 is 0 Å². The minimum absolute atomic E-state index is 0.509. The van der Waals surface area contributed by atoms with Crippen molar-refractivity contribution in [3.05, 3.63) is 0 Å². The molecule has 1 heterocycles. The molecular weight excluding hydrogens is 290 g/mol. The Morgan fingerprint density at radius 1 is 1.28 bits per heavy atom. The number of piperidine rings is 1. The van der Waals surface area contributed by atoms with Gasteiger partial charge in [-0.25, -0.2) is 0 Å². The van der Waals surface area contributed by atoms with Crippen LogP contribution in [0.2, 0.25) is 0 Å². The van der Waals surface area contributed by atoms with E-state index in [0.29, 0.717) is 6.10 Å². The number of likely N-dealkylation sites (tertiary alicyclic amines) is 1. The zero-order chi connectivity index (χ0) is 13.2. The van der Waals surface area contributed by atoms with E-state index in [1.165, 1.54) is 58.2 Å². The van der Waals surface area contributed by atoms with Gasteiger partial charge in [-0.2, -0.15) is 0 Å². The van der Waals surface area contributed by atoms with Crippen LogP contribution < -0.4 is 0 Å². The van der Waals surface area contributed by atoms with E-state index in [0.717, 1.165) is 17.9 Å². The molecule has 0 radical (unpaired) electrons. The lowest BCUT2D eigenvalue weighted by molar-refractivity contribution is 0.0121. The van der Waals surface area contributed by atoms with E-state index in [-0.39, 0.29) is 0 Å². The van der Waals surface area contributed by atoms with Gasteiger partial charge < -0.3 is 9.64 Å². The molecule has 0 bridgehead atoms. The van der Waals surface area contributed by atoms with Gasteiger partial charge in [0.25, 0.3) is 0 Å². The molecule has 0 N–H and O–H groups in total. The molecule has 1 aliphatic rings. The highest BCUT2D eigenvalue weighted by Crippen LogP contribution is 2.19. The summed E-state index contributed by atoms with van der Waals surface area (Å²) in [7, 11) is 0. The molecule has 2 nitrogen and oxygen atoms in total. The number of unbranched alkanes of at least 4 members (excludes halogenated alkanes) is 1. The lowest BCUT2D eigenvalue weighted by Gasteiger charge is -2.34. The Morgan fingerprint density at radius 3 is 2.56 bits per heavy atom. The minimum atomic E-state index is 0.509. The summed E-state index contributed by atoms with van der Waals surface area (Å²) in [6, 6.07) is 0. The van der Waals surface area contributed by atoms with Crippen molar-refractivity contribution in [3.63, 3.8) is 0 Å². The first kappa shape index (κ1) is 16.5. The normalized spacial score (nSPS) is 20.2. The van der Waals surface area contributed by atoms with Crippen LogP contribution in [0.5, 0.6) is 0 Å². The monoisotopic (exact) mass is 319 g/mol. The lowest BCUT2D eigenvalue weighted by atomic mass is 9.97. The molecule has 1 saturated heterocycles. The number of nitrogens with zero attached hydrogens (tertiary/aromatic N) is 1. The quantitative estimate of drug-likeness (QED) is 0.594. The van der Waals surface area contributed by atoms with Crippen LogP contribution in [-0.4, -0.2) is 42.6 Å². The molecule has 0 aromatic carbocycles. The molecule has 0 spiro atoms. The molecule has 0 aromatic rings. The first-order valence-corrected chi connectivity index (χ1v) is 8.82. The molecule has 0 amide bonds. The Morgan fingerprint density at radius 2 is 2.00 bits per heavy atom. The maximum absolute atomic E-state index is 5.80. The number of alkyl halides is 1. The van der Waals surface area contributed by atoms with Crippen molar-refractivity contribution >= 4 is 15.9 Å². The van der Waals surface area contributed by atoms with Crippen molar-refractivity contribution in [1.82, 2.24) is 4.90 Å². The molecule has 1 aliphatic heterocycles. The van der Waals surface area contributed by atoms with E-state index in [1.807, 2.05) is 0 Å². The number of hydrogen-bond acceptors (Lipinski definition) is 2. The first-order chi connectivity index (χ1) is 8.80. The minimum Gasteiger partial charge on any atom is -0.377 e. The van der Waals surface area contributed by atoms with Gasteiger partial charge in [0.2, 0.25) is 0 Å². The van der Waals surface area contributed by atoms with Gasteiger partial charge in [0.05, 0.1) is 12.7 Å². The number of rotatable bonds is 9. The Hall–Kier alpha value is 0.400. The number of ether oxygens (including phenoxy) is 1. The van der Waals surface area contributed by atoms with E-state index in [1.54, 1.807) is 0 Å². The standard InChI is InChI=1S/C15H30BrNO/c1-3-5-6-14(4-2)13-17-10-7-15(8-11-17)18-12-9-16/h14-15H,3-13H2,1-2H3. The summed E-state index contributed by atoms with van der Waals surface area (Å²) < 4.78 is 5.80. The molecule has 0 aliphatic carbocycles. The average molecular weight is 320 g/mol. The molecule has 1 unspecified atom stereocenters. The molecule has 0 saturated carbocycles. The van der Waals surface area contributed by atoms with Gasteiger partial charge in [-0.3, -0.25) is 0 Å². The van der Waals surface area contributed by atoms with E-state index in [4.69, 9.17) is 4.74 Å². The second-order valence-corrected chi connectivity index (χ2v) is 6.27. The molecule has 0 aromatic heterocycles. The molecule has 1 rings (SSSR count). The smallest absolute Gasteiger partial charge is 0.0599 e. The number of halogens is 1. The highest BCUT2D eigenvalue weighted by Gasteiger charge is 2.21. The van der Waals surface area contributed by atoms with Crippen LogP contribution in [0.1, 0.15) is 52.4 Å². The van der Waals surface area contributed by atoms with Gasteiger partial charge >= 0.3 is 0 Å². The second-order valence-electron chi connectivity index (χ2n) is 5.48. The lowest BCUT2D eigenvalue weighted by Crippen LogP contribution is -2.39. The van der Waals surface area contributed by atoms with Crippen molar-refractivity contribution in [2.75, 3.05) is 31.6 Å². The van der Waals surface area contributed by atoms with Gasteiger partial charge in [-0.15, -0.1) is 0 Å². The van der Waals surface area contributed by atoms with Crippen molar-refractivity contribution in [1.29, 1.82) is 0 Å². The van der Waals surface area contributed by atoms with E-state index in [2.05, 4.69) is 34.7 Å². The third-order valence-corrected chi connectivity index (χ3v) is 4.35. The fourth-order valence-corrected chi connectivity index (χ4v) is 2.94. The maximum Gasteiger partial charge on any atom is 0.0599 e. The summed E-state index contributed by atoms with van der Waals surface area (Å²) in [5, 5.41) is 0.960. The predicted octanol–water partition coefficient (Wildman–Crippen LogP) is 4.08. The second kappa shape index (κ2) is 10.2. The summed E-state index contributed by atoms with van der Waals surface area (Å²) in [5.74, 6) is 0.907. The van der Waals surface area contributed by atoms with Gasteiger partial charge in [-0.05, 0) is 25.2 Å². The third kappa shape index (κ3) is 6.53. The molecule has 1 atom stereocenters. The zero-order valence-corrected chi connectivity index (χ0v) is 13.8. The summed E-state index contributed by atoms with van der Waals surface area (Å²) in [6.07, 6.45) is 8.42. The first-order valence-electron chi connectivity index (χ1n) is 7.70. The summed E-state index contributed by atoms with van der Waals surface area (Å²) >= 11 is 3.42. The number of hydrogen-bond donors (Lipinski definition) is 0. The van der Waals surface area contributed by atoms with Crippen molar-refractivity contribution < 1.29 is 4.74 Å². The Balaban J connectivity index is 2.17. The Labute approximate surface area is 122 Å². The fourth-order valence-electron chi connectivity index (χ4n) is 2.75. The molecule has 108 valence electrons. The molecule has 18 heavy (non-hydrogen) atoms. The highest BCUT2D eigenvalue weighted by molar-refractivity contribution is 9.09. The van der Waals surface area contributed by atoms with Crippen LogP contribution in [0.3, 0.4) is 0 Å². The topological polar surface area (TPSA) is 12.5 Å². The SMILES string of the molecule is CCCCC(CC)CN1CCC(OCCBr)CC1. The maximum atomic E-state index is 5.80. The molecular formula is C15H30BrNO. The molecule has 3 heteroatoms. The van der Waals surface area contributed by atoms with Gasteiger partial charge in [0.1, 0.15) is 0 Å². The third-order valence-electron chi connectivity index (χ3n) is 4.02. The van der Waals surface area contributed by atoms with Crippen LogP contribution in [0.25, 0.3) is 0 Å². The van der Waals surface area contributed by atoms with Gasteiger partial charge in [-0.1, -0.05) is 49.0 Å². The van der Waals surface area contributed by atoms with Gasteiger partial charge in [0.15, 0.2) is 0 Å². The fraction of sp³-hybridized carbons (Fsp3) is 1.00. The zero-order valence-electron chi connectivity index (χ0n) is 12.2. The largest absolute Gasteiger partial charge is 0.377 e. The van der Waals surface area contributed by atoms with Crippen LogP contribution in [0.15, 0.2) is 0 Å². The van der Waals surface area contributed by atoms with E-state index < -0.39 is 0 Å². The van der Waals surface area contributed by atoms with Crippen molar-refractivity contribution in [3.8, 4) is 0 Å². The van der Waals surface area contributed by atoms with E-state index in [9.17, 15) is 0 Å². The Bertz CT molecular complexity index is 193. The summed E-state index contributed by atoms with van der Waals surface area (Å²) in [6.45, 7) is 9.26. The van der Waals surface area contributed by atoms with Crippen molar-refractivity contribution in [2.24, 2.45) is 5.92 Å². The highest BCUT2D eigenvalue weighted by atomic mass is 79.9. The van der Waals surface area contributed by atoms with Crippen LogP contribution in [0.4, 0.5) is 0 Å². The van der Waals surface area contributed by atoms with Crippen LogP contribution >= 0.6 is 15.9 Å².